The van der Waals surface area contributed by atoms with Gasteiger partial charge in [0, 0.05) is 0 Å². The van der Waals surface area contributed by atoms with Gasteiger partial charge in [0.2, 0.25) is 0 Å². The van der Waals surface area contributed by atoms with Crippen LogP contribution < -0.4 is 5.32 Å². The Bertz CT molecular complexity index is 583. The number of benzene rings is 1. The molecule has 0 radical (unpaired) electrons. The number of fused-ring (bicyclic) bond motifs is 1. The second-order valence-corrected chi connectivity index (χ2v) is 6.94. The molecule has 1 heterocycles. The standard InChI is InChI=1S/C18H23NO4/c20-17(21)13-4-1-11(2-5-13)7-12-3-6-14-10-19-16(18(22)23)9-15(14)8-12/h1-2,4-5,12,14-16,19H,3,6-10H2,(H,20,21)(H,22,23)/t12?,14?,15?,16-/m1/s1. The Morgan fingerprint density at radius 1 is 1.04 bits per heavy atom. The zero-order chi connectivity index (χ0) is 16.4. The van der Waals surface area contributed by atoms with Crippen LogP contribution in [0.1, 0.15) is 41.6 Å². The van der Waals surface area contributed by atoms with Gasteiger partial charge in [0.15, 0.2) is 0 Å². The van der Waals surface area contributed by atoms with E-state index in [9.17, 15) is 14.7 Å². The van der Waals surface area contributed by atoms with E-state index in [-0.39, 0.29) is 0 Å². The first-order chi connectivity index (χ1) is 11.0. The lowest BCUT2D eigenvalue weighted by Crippen LogP contribution is -2.49. The SMILES string of the molecule is O=C(O)c1ccc(CC2CCC3CN[C@@H](C(=O)O)CC3C2)cc1. The first-order valence-corrected chi connectivity index (χ1v) is 8.31. The minimum atomic E-state index is -0.897. The van der Waals surface area contributed by atoms with Gasteiger partial charge in [-0.25, -0.2) is 4.79 Å². The molecule has 3 rings (SSSR count). The Labute approximate surface area is 135 Å². The normalized spacial score (nSPS) is 30.4. The van der Waals surface area contributed by atoms with Crippen LogP contribution in [0.2, 0.25) is 0 Å². The summed E-state index contributed by atoms with van der Waals surface area (Å²) in [5.41, 5.74) is 1.49. The second-order valence-electron chi connectivity index (χ2n) is 6.94. The van der Waals surface area contributed by atoms with Crippen LogP contribution in [0.3, 0.4) is 0 Å². The van der Waals surface area contributed by atoms with Crippen LogP contribution in [0.15, 0.2) is 24.3 Å². The molecule has 1 aromatic carbocycles. The van der Waals surface area contributed by atoms with Crippen LogP contribution in [0, 0.1) is 17.8 Å². The Morgan fingerprint density at radius 2 is 1.78 bits per heavy atom. The van der Waals surface area contributed by atoms with Gasteiger partial charge in [0.05, 0.1) is 5.56 Å². The monoisotopic (exact) mass is 317 g/mol. The molecule has 3 unspecified atom stereocenters. The van der Waals surface area contributed by atoms with Gasteiger partial charge < -0.3 is 15.5 Å². The largest absolute Gasteiger partial charge is 0.480 e. The summed E-state index contributed by atoms with van der Waals surface area (Å²) in [4.78, 5) is 22.1. The summed E-state index contributed by atoms with van der Waals surface area (Å²) < 4.78 is 0. The lowest BCUT2D eigenvalue weighted by Gasteiger charge is -2.41. The lowest BCUT2D eigenvalue weighted by molar-refractivity contribution is -0.141. The van der Waals surface area contributed by atoms with Crippen LogP contribution >= 0.6 is 0 Å². The molecule has 1 saturated heterocycles. The minimum absolute atomic E-state index is 0.320. The van der Waals surface area contributed by atoms with E-state index in [4.69, 9.17) is 5.11 Å². The van der Waals surface area contributed by atoms with E-state index in [1.807, 2.05) is 12.1 Å². The summed E-state index contributed by atoms with van der Waals surface area (Å²) >= 11 is 0. The highest BCUT2D eigenvalue weighted by Crippen LogP contribution is 2.39. The van der Waals surface area contributed by atoms with Crippen molar-refractivity contribution in [3.8, 4) is 0 Å². The molecule has 5 heteroatoms. The van der Waals surface area contributed by atoms with Crippen molar-refractivity contribution in [2.75, 3.05) is 6.54 Å². The summed E-state index contributed by atoms with van der Waals surface area (Å²) in [7, 11) is 0. The van der Waals surface area contributed by atoms with Crippen LogP contribution in [-0.4, -0.2) is 34.7 Å². The maximum absolute atomic E-state index is 11.2. The molecule has 2 aliphatic rings. The highest BCUT2D eigenvalue weighted by molar-refractivity contribution is 5.87. The maximum Gasteiger partial charge on any atom is 0.335 e. The zero-order valence-corrected chi connectivity index (χ0v) is 13.1. The second kappa shape index (κ2) is 6.71. The number of hydrogen-bond acceptors (Lipinski definition) is 3. The number of piperidine rings is 1. The molecule has 5 nitrogen and oxygen atoms in total. The van der Waals surface area contributed by atoms with E-state index in [0.29, 0.717) is 23.3 Å². The molecule has 124 valence electrons. The van der Waals surface area contributed by atoms with Gasteiger partial charge in [0.25, 0.3) is 0 Å². The number of carboxylic acids is 2. The van der Waals surface area contributed by atoms with E-state index in [1.165, 1.54) is 12.0 Å². The number of aliphatic carboxylic acids is 1. The summed E-state index contributed by atoms with van der Waals surface area (Å²) in [5, 5.41) is 21.3. The van der Waals surface area contributed by atoms with Crippen molar-refractivity contribution in [3.63, 3.8) is 0 Å². The van der Waals surface area contributed by atoms with E-state index >= 15 is 0 Å². The third kappa shape index (κ3) is 3.72. The molecule has 4 atom stereocenters. The fourth-order valence-corrected chi connectivity index (χ4v) is 4.15. The molecule has 0 bridgehead atoms. The molecule has 3 N–H and O–H groups in total. The van der Waals surface area contributed by atoms with Gasteiger partial charge in [0.1, 0.15) is 6.04 Å². The molecule has 0 amide bonds. The number of aromatic carboxylic acids is 1. The molecule has 2 fully saturated rings. The fraction of sp³-hybridized carbons (Fsp3) is 0.556. The predicted octanol–water partition coefficient (Wildman–Crippen LogP) is 2.41. The van der Waals surface area contributed by atoms with E-state index in [0.717, 1.165) is 32.2 Å². The number of hydrogen-bond donors (Lipinski definition) is 3. The van der Waals surface area contributed by atoms with Crippen molar-refractivity contribution in [3.05, 3.63) is 35.4 Å². The van der Waals surface area contributed by atoms with Crippen molar-refractivity contribution in [2.24, 2.45) is 17.8 Å². The number of carbonyl (C=O) groups is 2. The first-order valence-electron chi connectivity index (χ1n) is 8.31. The number of carboxylic acid groups (broad SMARTS) is 2. The van der Waals surface area contributed by atoms with Crippen LogP contribution in [0.4, 0.5) is 0 Å². The van der Waals surface area contributed by atoms with Gasteiger partial charge >= 0.3 is 11.9 Å². The van der Waals surface area contributed by atoms with Crippen LogP contribution in [0.25, 0.3) is 0 Å². The van der Waals surface area contributed by atoms with Gasteiger partial charge in [-0.05, 0) is 74.1 Å². The topological polar surface area (TPSA) is 86.6 Å². The summed E-state index contributed by atoms with van der Waals surface area (Å²) in [5.74, 6) is 0.0337. The smallest absolute Gasteiger partial charge is 0.335 e. The predicted molar refractivity (Wildman–Crippen MR) is 85.5 cm³/mol. The molecule has 1 aliphatic heterocycles. The molecule has 1 saturated carbocycles. The van der Waals surface area contributed by atoms with Crippen molar-refractivity contribution < 1.29 is 19.8 Å². The van der Waals surface area contributed by atoms with Gasteiger partial charge in [-0.1, -0.05) is 12.1 Å². The first kappa shape index (κ1) is 16.0. The summed E-state index contributed by atoms with van der Waals surface area (Å²) in [6, 6.07) is 6.73. The molecule has 1 aliphatic carbocycles. The molecular weight excluding hydrogens is 294 g/mol. The molecule has 0 spiro atoms. The average molecular weight is 317 g/mol. The highest BCUT2D eigenvalue weighted by atomic mass is 16.4. The van der Waals surface area contributed by atoms with E-state index in [1.54, 1.807) is 12.1 Å². The van der Waals surface area contributed by atoms with Crippen LogP contribution in [0.5, 0.6) is 0 Å². The van der Waals surface area contributed by atoms with Crippen molar-refractivity contribution >= 4 is 11.9 Å². The van der Waals surface area contributed by atoms with Gasteiger partial charge in [-0.15, -0.1) is 0 Å². The third-order valence-electron chi connectivity index (χ3n) is 5.44. The Kier molecular flexibility index (Phi) is 4.66. The third-order valence-corrected chi connectivity index (χ3v) is 5.44. The number of nitrogens with one attached hydrogen (secondary N) is 1. The molecule has 23 heavy (non-hydrogen) atoms. The molecule has 1 aromatic rings. The highest BCUT2D eigenvalue weighted by Gasteiger charge is 2.37. The minimum Gasteiger partial charge on any atom is -0.480 e. The van der Waals surface area contributed by atoms with Crippen molar-refractivity contribution in [2.45, 2.75) is 38.1 Å². The maximum atomic E-state index is 11.2. The molecular formula is C18H23NO4. The van der Waals surface area contributed by atoms with Crippen molar-refractivity contribution in [1.29, 1.82) is 0 Å². The quantitative estimate of drug-likeness (QED) is 0.794. The summed E-state index contributed by atoms with van der Waals surface area (Å²) in [6.07, 6.45) is 5.09. The summed E-state index contributed by atoms with van der Waals surface area (Å²) in [6.45, 7) is 0.821. The Balaban J connectivity index is 1.59. The fourth-order valence-electron chi connectivity index (χ4n) is 4.15. The van der Waals surface area contributed by atoms with Gasteiger partial charge in [-0.2, -0.15) is 0 Å². The lowest BCUT2D eigenvalue weighted by atomic mass is 9.68. The van der Waals surface area contributed by atoms with Gasteiger partial charge in [-0.3, -0.25) is 4.79 Å². The number of rotatable bonds is 4. The average Bonchev–Trinajstić information content (AvgIpc) is 2.54. The van der Waals surface area contributed by atoms with Crippen LogP contribution in [-0.2, 0) is 11.2 Å². The Morgan fingerprint density at radius 3 is 2.43 bits per heavy atom. The molecule has 0 aromatic heterocycles. The zero-order valence-electron chi connectivity index (χ0n) is 13.1. The van der Waals surface area contributed by atoms with Crippen molar-refractivity contribution in [1.82, 2.24) is 5.32 Å². The van der Waals surface area contributed by atoms with E-state index in [2.05, 4.69) is 5.32 Å². The Hall–Kier alpha value is -1.88. The van der Waals surface area contributed by atoms with E-state index < -0.39 is 18.0 Å².